The Kier molecular flexibility index (Phi) is 3.79. The van der Waals surface area contributed by atoms with Crippen LogP contribution in [0.4, 0.5) is 0 Å². The fourth-order valence-corrected chi connectivity index (χ4v) is 2.22. The molecule has 1 aromatic heterocycles. The average Bonchev–Trinajstić information content (AvgIpc) is 2.32. The average molecular weight is 299 g/mol. The lowest BCUT2D eigenvalue weighted by Crippen LogP contribution is -2.44. The lowest BCUT2D eigenvalue weighted by Gasteiger charge is -2.31. The van der Waals surface area contributed by atoms with Gasteiger partial charge in [-0.2, -0.15) is 0 Å². The molecule has 4 nitrogen and oxygen atoms in total. The van der Waals surface area contributed by atoms with E-state index < -0.39 is 0 Å². The second-order valence-electron chi connectivity index (χ2n) is 4.23. The first-order valence-electron chi connectivity index (χ1n) is 5.60. The Bertz CT molecular complexity index is 437. The molecule has 0 bridgehead atoms. The Morgan fingerprint density at radius 3 is 3.06 bits per heavy atom. The molecule has 1 saturated heterocycles. The Morgan fingerprint density at radius 2 is 2.35 bits per heavy atom. The summed E-state index contributed by atoms with van der Waals surface area (Å²) in [5.74, 6) is 0.0338. The number of halogens is 1. The van der Waals surface area contributed by atoms with Gasteiger partial charge in [-0.1, -0.05) is 0 Å². The summed E-state index contributed by atoms with van der Waals surface area (Å²) < 4.78 is 6.29. The van der Waals surface area contributed by atoms with Crippen LogP contribution in [0.1, 0.15) is 22.8 Å². The van der Waals surface area contributed by atoms with Gasteiger partial charge in [-0.25, -0.2) is 0 Å². The minimum Gasteiger partial charge on any atom is -0.375 e. The molecule has 0 saturated carbocycles. The number of rotatable bonds is 1. The quantitative estimate of drug-likeness (QED) is 0.796. The molecule has 1 atom stereocenters. The van der Waals surface area contributed by atoms with Crippen molar-refractivity contribution in [3.8, 4) is 0 Å². The van der Waals surface area contributed by atoms with Crippen LogP contribution < -0.4 is 0 Å². The summed E-state index contributed by atoms with van der Waals surface area (Å²) in [4.78, 5) is 18.2. The summed E-state index contributed by atoms with van der Waals surface area (Å²) in [6.45, 7) is 5.79. The van der Waals surface area contributed by atoms with Gasteiger partial charge < -0.3 is 9.64 Å². The molecule has 0 aromatic carbocycles. The first kappa shape index (κ1) is 12.5. The van der Waals surface area contributed by atoms with E-state index in [0.717, 1.165) is 10.0 Å². The molecule has 92 valence electrons. The number of nitrogens with zero attached hydrogens (tertiary/aromatic N) is 2. The van der Waals surface area contributed by atoms with Crippen LogP contribution in [0.15, 0.2) is 16.9 Å². The molecule has 0 unspecified atom stereocenters. The molecule has 2 rings (SSSR count). The summed E-state index contributed by atoms with van der Waals surface area (Å²) in [6.07, 6.45) is 3.43. The van der Waals surface area contributed by atoms with Crippen molar-refractivity contribution in [2.24, 2.45) is 0 Å². The van der Waals surface area contributed by atoms with E-state index in [0.29, 0.717) is 25.3 Å². The number of pyridine rings is 1. The van der Waals surface area contributed by atoms with Crippen molar-refractivity contribution in [1.82, 2.24) is 9.88 Å². The standard InChI is InChI=1S/C12H15BrN2O2/c1-8-7-15(3-4-17-8)12(16)10-5-14-6-11(13)9(10)2/h5-6,8H,3-4,7H2,1-2H3/t8-/m0/s1. The molecule has 0 spiro atoms. The molecule has 5 heteroatoms. The number of amides is 1. The molecule has 0 N–H and O–H groups in total. The normalized spacial score (nSPS) is 20.4. The Balaban J connectivity index is 2.22. The van der Waals surface area contributed by atoms with Gasteiger partial charge in [-0.3, -0.25) is 9.78 Å². The van der Waals surface area contributed by atoms with Crippen LogP contribution in [0.5, 0.6) is 0 Å². The maximum atomic E-state index is 12.3. The highest BCUT2D eigenvalue weighted by atomic mass is 79.9. The molecule has 1 amide bonds. The van der Waals surface area contributed by atoms with Gasteiger partial charge in [0, 0.05) is 30.0 Å². The van der Waals surface area contributed by atoms with E-state index in [-0.39, 0.29) is 12.0 Å². The lowest BCUT2D eigenvalue weighted by atomic mass is 10.1. The molecule has 1 aromatic rings. The van der Waals surface area contributed by atoms with Crippen molar-refractivity contribution in [3.05, 3.63) is 28.0 Å². The summed E-state index contributed by atoms with van der Waals surface area (Å²) in [5, 5.41) is 0. The van der Waals surface area contributed by atoms with Gasteiger partial charge in [0.1, 0.15) is 0 Å². The van der Waals surface area contributed by atoms with E-state index in [1.165, 1.54) is 0 Å². The number of morpholine rings is 1. The van der Waals surface area contributed by atoms with Gasteiger partial charge >= 0.3 is 0 Å². The van der Waals surface area contributed by atoms with Crippen LogP contribution in [0.2, 0.25) is 0 Å². The summed E-state index contributed by atoms with van der Waals surface area (Å²) >= 11 is 3.39. The maximum absolute atomic E-state index is 12.3. The van der Waals surface area contributed by atoms with Crippen molar-refractivity contribution >= 4 is 21.8 Å². The molecule has 0 radical (unpaired) electrons. The molecule has 1 aliphatic rings. The Labute approximate surface area is 109 Å². The zero-order chi connectivity index (χ0) is 12.4. The second kappa shape index (κ2) is 5.14. The summed E-state index contributed by atoms with van der Waals surface area (Å²) in [7, 11) is 0. The van der Waals surface area contributed by atoms with Gasteiger partial charge in [0.25, 0.3) is 5.91 Å². The summed E-state index contributed by atoms with van der Waals surface area (Å²) in [6, 6.07) is 0. The SMILES string of the molecule is Cc1c(Br)cncc1C(=O)N1CCO[C@@H](C)C1. The Morgan fingerprint density at radius 1 is 1.59 bits per heavy atom. The van der Waals surface area contributed by atoms with E-state index >= 15 is 0 Å². The fourth-order valence-electron chi connectivity index (χ4n) is 1.89. The lowest BCUT2D eigenvalue weighted by molar-refractivity contribution is -0.0124. The Hall–Kier alpha value is -0.940. The zero-order valence-electron chi connectivity index (χ0n) is 9.94. The minimum absolute atomic E-state index is 0.0338. The van der Waals surface area contributed by atoms with Gasteiger partial charge in [0.15, 0.2) is 0 Å². The van der Waals surface area contributed by atoms with Gasteiger partial charge in [0.2, 0.25) is 0 Å². The predicted octanol–water partition coefficient (Wildman–Crippen LogP) is 2.01. The van der Waals surface area contributed by atoms with Gasteiger partial charge in [-0.15, -0.1) is 0 Å². The third-order valence-corrected chi connectivity index (χ3v) is 3.71. The van der Waals surface area contributed by atoms with Gasteiger partial charge in [0.05, 0.1) is 18.3 Å². The minimum atomic E-state index is 0.0338. The van der Waals surface area contributed by atoms with Crippen LogP contribution in [0, 0.1) is 6.92 Å². The molecule has 1 fully saturated rings. The van der Waals surface area contributed by atoms with Crippen LogP contribution in [-0.2, 0) is 4.74 Å². The van der Waals surface area contributed by atoms with Crippen molar-refractivity contribution in [1.29, 1.82) is 0 Å². The van der Waals surface area contributed by atoms with E-state index in [4.69, 9.17) is 4.74 Å². The van der Waals surface area contributed by atoms with Crippen molar-refractivity contribution in [3.63, 3.8) is 0 Å². The summed E-state index contributed by atoms with van der Waals surface area (Å²) in [5.41, 5.74) is 1.60. The van der Waals surface area contributed by atoms with Crippen LogP contribution in [0.25, 0.3) is 0 Å². The monoisotopic (exact) mass is 298 g/mol. The van der Waals surface area contributed by atoms with E-state index in [1.807, 2.05) is 18.7 Å². The molecular weight excluding hydrogens is 284 g/mol. The fraction of sp³-hybridized carbons (Fsp3) is 0.500. The maximum Gasteiger partial charge on any atom is 0.255 e. The van der Waals surface area contributed by atoms with E-state index in [1.54, 1.807) is 12.4 Å². The van der Waals surface area contributed by atoms with Crippen molar-refractivity contribution in [2.75, 3.05) is 19.7 Å². The van der Waals surface area contributed by atoms with Crippen molar-refractivity contribution in [2.45, 2.75) is 20.0 Å². The van der Waals surface area contributed by atoms with Gasteiger partial charge in [-0.05, 0) is 35.3 Å². The topological polar surface area (TPSA) is 42.4 Å². The second-order valence-corrected chi connectivity index (χ2v) is 5.08. The number of hydrogen-bond donors (Lipinski definition) is 0. The molecule has 2 heterocycles. The molecule has 17 heavy (non-hydrogen) atoms. The predicted molar refractivity (Wildman–Crippen MR) is 68.0 cm³/mol. The first-order chi connectivity index (χ1) is 8.09. The highest BCUT2D eigenvalue weighted by Crippen LogP contribution is 2.20. The number of hydrogen-bond acceptors (Lipinski definition) is 3. The van der Waals surface area contributed by atoms with E-state index in [2.05, 4.69) is 20.9 Å². The van der Waals surface area contributed by atoms with Crippen LogP contribution in [-0.4, -0.2) is 41.6 Å². The number of aromatic nitrogens is 1. The van der Waals surface area contributed by atoms with E-state index in [9.17, 15) is 4.79 Å². The van der Waals surface area contributed by atoms with Crippen LogP contribution in [0.3, 0.4) is 0 Å². The zero-order valence-corrected chi connectivity index (χ0v) is 11.5. The third-order valence-electron chi connectivity index (χ3n) is 2.91. The third kappa shape index (κ3) is 2.66. The largest absolute Gasteiger partial charge is 0.375 e. The van der Waals surface area contributed by atoms with Crippen molar-refractivity contribution < 1.29 is 9.53 Å². The smallest absolute Gasteiger partial charge is 0.255 e. The number of carbonyl (C=O) groups excluding carboxylic acids is 1. The first-order valence-corrected chi connectivity index (χ1v) is 6.40. The highest BCUT2D eigenvalue weighted by molar-refractivity contribution is 9.10. The molecular formula is C12H15BrN2O2. The number of carbonyl (C=O) groups is 1. The van der Waals surface area contributed by atoms with Crippen LogP contribution >= 0.6 is 15.9 Å². The molecule has 0 aliphatic carbocycles. The number of ether oxygens (including phenoxy) is 1. The molecule has 1 aliphatic heterocycles. The highest BCUT2D eigenvalue weighted by Gasteiger charge is 2.24.